The third-order valence-corrected chi connectivity index (χ3v) is 3.85. The average molecular weight is 283 g/mol. The number of aromatic nitrogens is 4. The van der Waals surface area contributed by atoms with Crippen molar-refractivity contribution < 1.29 is 0 Å². The van der Waals surface area contributed by atoms with Gasteiger partial charge in [0.25, 0.3) is 0 Å². The van der Waals surface area contributed by atoms with Crippen LogP contribution in [0.3, 0.4) is 0 Å². The van der Waals surface area contributed by atoms with Crippen LogP contribution in [0.15, 0.2) is 12.5 Å². The van der Waals surface area contributed by atoms with Gasteiger partial charge in [0.1, 0.15) is 22.2 Å². The van der Waals surface area contributed by atoms with Crippen LogP contribution in [0.25, 0.3) is 0 Å². The van der Waals surface area contributed by atoms with Crippen LogP contribution in [-0.4, -0.2) is 39.3 Å². The maximum atomic E-state index is 5.98. The largest absolute Gasteiger partial charge is 0.362 e. The molecule has 0 atom stereocenters. The molecule has 3 heterocycles. The number of hydrogen-bond donors (Lipinski definition) is 1. The average Bonchev–Trinajstić information content (AvgIpc) is 2.71. The van der Waals surface area contributed by atoms with Crippen LogP contribution in [0, 0.1) is 6.92 Å². The van der Waals surface area contributed by atoms with Crippen molar-refractivity contribution in [2.75, 3.05) is 23.3 Å². The molecule has 0 unspecified atom stereocenters. The molecule has 1 saturated heterocycles. The standard InChI is InChI=1S/C10H11ClN6S/c1-6-15-16-10(18-6)17-3-7(4-17)14-9-8(11)2-12-5-13-9/h2,5,7H,3-4H2,1H3,(H,12,13,14). The van der Waals surface area contributed by atoms with E-state index in [0.29, 0.717) is 16.9 Å². The second kappa shape index (κ2) is 4.66. The Balaban J connectivity index is 1.58. The number of nitrogens with one attached hydrogen (secondary N) is 1. The molecule has 94 valence electrons. The van der Waals surface area contributed by atoms with Crippen molar-refractivity contribution in [2.45, 2.75) is 13.0 Å². The molecule has 0 saturated carbocycles. The van der Waals surface area contributed by atoms with Gasteiger partial charge in [0, 0.05) is 13.1 Å². The van der Waals surface area contributed by atoms with E-state index in [9.17, 15) is 0 Å². The molecule has 1 aliphatic rings. The highest BCUT2D eigenvalue weighted by Crippen LogP contribution is 2.26. The van der Waals surface area contributed by atoms with Gasteiger partial charge in [0.2, 0.25) is 5.13 Å². The first kappa shape index (κ1) is 11.6. The number of aryl methyl sites for hydroxylation is 1. The molecule has 1 aliphatic heterocycles. The smallest absolute Gasteiger partial charge is 0.208 e. The van der Waals surface area contributed by atoms with Gasteiger partial charge in [0.15, 0.2) is 0 Å². The Kier molecular flexibility index (Phi) is 3.00. The van der Waals surface area contributed by atoms with Crippen LogP contribution < -0.4 is 10.2 Å². The van der Waals surface area contributed by atoms with Crippen molar-refractivity contribution in [1.82, 2.24) is 20.2 Å². The minimum atomic E-state index is 0.335. The molecule has 0 aliphatic carbocycles. The van der Waals surface area contributed by atoms with Crippen molar-refractivity contribution >= 4 is 33.9 Å². The molecular formula is C10H11ClN6S. The first-order valence-corrected chi connectivity index (χ1v) is 6.69. The van der Waals surface area contributed by atoms with E-state index in [2.05, 4.69) is 30.4 Å². The second-order valence-corrected chi connectivity index (χ2v) is 5.64. The van der Waals surface area contributed by atoms with E-state index >= 15 is 0 Å². The number of nitrogens with zero attached hydrogens (tertiary/aromatic N) is 5. The fraction of sp³-hybridized carbons (Fsp3) is 0.400. The molecule has 8 heteroatoms. The molecule has 0 amide bonds. The van der Waals surface area contributed by atoms with Crippen LogP contribution >= 0.6 is 22.9 Å². The minimum Gasteiger partial charge on any atom is -0.362 e. The molecule has 1 N–H and O–H groups in total. The summed E-state index contributed by atoms with van der Waals surface area (Å²) >= 11 is 7.59. The topological polar surface area (TPSA) is 66.8 Å². The zero-order valence-electron chi connectivity index (χ0n) is 9.67. The predicted octanol–water partition coefficient (Wildman–Crippen LogP) is 1.59. The molecule has 18 heavy (non-hydrogen) atoms. The summed E-state index contributed by atoms with van der Waals surface area (Å²) in [6.07, 6.45) is 3.07. The van der Waals surface area contributed by atoms with Crippen molar-refractivity contribution in [3.05, 3.63) is 22.6 Å². The lowest BCUT2D eigenvalue weighted by Gasteiger charge is -2.39. The van der Waals surface area contributed by atoms with E-state index in [1.165, 1.54) is 6.33 Å². The predicted molar refractivity (Wildman–Crippen MR) is 71.3 cm³/mol. The van der Waals surface area contributed by atoms with Gasteiger partial charge in [-0.15, -0.1) is 10.2 Å². The minimum absolute atomic E-state index is 0.335. The van der Waals surface area contributed by atoms with Gasteiger partial charge in [-0.3, -0.25) is 0 Å². The zero-order chi connectivity index (χ0) is 12.5. The SMILES string of the molecule is Cc1nnc(N2CC(Nc3ncncc3Cl)C2)s1. The Hall–Kier alpha value is -1.47. The highest BCUT2D eigenvalue weighted by atomic mass is 35.5. The Morgan fingerprint density at radius 3 is 2.94 bits per heavy atom. The normalized spacial score (nSPS) is 15.6. The zero-order valence-corrected chi connectivity index (χ0v) is 11.2. The van der Waals surface area contributed by atoms with E-state index in [1.54, 1.807) is 17.5 Å². The molecule has 0 aromatic carbocycles. The van der Waals surface area contributed by atoms with Crippen molar-refractivity contribution in [3.63, 3.8) is 0 Å². The second-order valence-electron chi connectivity index (χ2n) is 4.07. The highest BCUT2D eigenvalue weighted by molar-refractivity contribution is 7.15. The highest BCUT2D eigenvalue weighted by Gasteiger charge is 2.29. The summed E-state index contributed by atoms with van der Waals surface area (Å²) in [6.45, 7) is 3.72. The number of rotatable bonds is 3. The van der Waals surface area contributed by atoms with Crippen LogP contribution in [-0.2, 0) is 0 Å². The van der Waals surface area contributed by atoms with Gasteiger partial charge < -0.3 is 10.2 Å². The maximum absolute atomic E-state index is 5.98. The summed E-state index contributed by atoms with van der Waals surface area (Å²) < 4.78 is 0. The third-order valence-electron chi connectivity index (χ3n) is 2.68. The summed E-state index contributed by atoms with van der Waals surface area (Å²) in [4.78, 5) is 10.1. The Bertz CT molecular complexity index is 553. The lowest BCUT2D eigenvalue weighted by molar-refractivity contribution is 0.546. The molecule has 3 rings (SSSR count). The summed E-state index contributed by atoms with van der Waals surface area (Å²) in [5.41, 5.74) is 0. The molecule has 0 spiro atoms. The molecule has 1 fully saturated rings. The van der Waals surface area contributed by atoms with Crippen molar-refractivity contribution in [3.8, 4) is 0 Å². The molecule has 0 radical (unpaired) electrons. The van der Waals surface area contributed by atoms with E-state index in [4.69, 9.17) is 11.6 Å². The summed E-state index contributed by atoms with van der Waals surface area (Å²) in [7, 11) is 0. The summed E-state index contributed by atoms with van der Waals surface area (Å²) in [6, 6.07) is 0.335. The van der Waals surface area contributed by atoms with E-state index in [0.717, 1.165) is 23.2 Å². The summed E-state index contributed by atoms with van der Waals surface area (Å²) in [5.74, 6) is 0.685. The van der Waals surface area contributed by atoms with E-state index in [-0.39, 0.29) is 0 Å². The lowest BCUT2D eigenvalue weighted by Crippen LogP contribution is -2.55. The lowest BCUT2D eigenvalue weighted by atomic mass is 10.1. The monoisotopic (exact) mass is 282 g/mol. The van der Waals surface area contributed by atoms with Crippen molar-refractivity contribution in [1.29, 1.82) is 0 Å². The molecular weight excluding hydrogens is 272 g/mol. The van der Waals surface area contributed by atoms with Crippen LogP contribution in [0.5, 0.6) is 0 Å². The Morgan fingerprint density at radius 2 is 2.28 bits per heavy atom. The fourth-order valence-corrected chi connectivity index (χ4v) is 2.62. The Labute approximate surface area is 113 Å². The van der Waals surface area contributed by atoms with Gasteiger partial charge in [0.05, 0.1) is 12.2 Å². The Morgan fingerprint density at radius 1 is 1.44 bits per heavy atom. The van der Waals surface area contributed by atoms with Gasteiger partial charge in [-0.2, -0.15) is 0 Å². The number of anilines is 2. The van der Waals surface area contributed by atoms with Crippen molar-refractivity contribution in [2.24, 2.45) is 0 Å². The fourth-order valence-electron chi connectivity index (χ4n) is 1.75. The molecule has 6 nitrogen and oxygen atoms in total. The van der Waals surface area contributed by atoms with Gasteiger partial charge >= 0.3 is 0 Å². The van der Waals surface area contributed by atoms with Gasteiger partial charge in [-0.25, -0.2) is 9.97 Å². The quantitative estimate of drug-likeness (QED) is 0.922. The molecule has 0 bridgehead atoms. The first-order valence-electron chi connectivity index (χ1n) is 5.49. The number of hydrogen-bond acceptors (Lipinski definition) is 7. The van der Waals surface area contributed by atoms with E-state index in [1.807, 2.05) is 6.92 Å². The molecule has 2 aromatic heterocycles. The maximum Gasteiger partial charge on any atom is 0.208 e. The molecule has 2 aromatic rings. The van der Waals surface area contributed by atoms with Crippen LogP contribution in [0.2, 0.25) is 5.02 Å². The third kappa shape index (κ3) is 2.23. The van der Waals surface area contributed by atoms with Gasteiger partial charge in [-0.05, 0) is 6.92 Å². The first-order chi connectivity index (χ1) is 8.72. The number of halogens is 1. The van der Waals surface area contributed by atoms with Crippen LogP contribution in [0.1, 0.15) is 5.01 Å². The summed E-state index contributed by atoms with van der Waals surface area (Å²) in [5, 5.41) is 13.9. The van der Waals surface area contributed by atoms with Crippen LogP contribution in [0.4, 0.5) is 10.9 Å². The van der Waals surface area contributed by atoms with E-state index < -0.39 is 0 Å². The van der Waals surface area contributed by atoms with Gasteiger partial charge in [-0.1, -0.05) is 22.9 Å².